The van der Waals surface area contributed by atoms with E-state index in [9.17, 15) is 17.6 Å². The Hall–Kier alpha value is -2.49. The summed E-state index contributed by atoms with van der Waals surface area (Å²) in [5, 5.41) is 2.90. The number of anilines is 1. The van der Waals surface area contributed by atoms with E-state index in [0.717, 1.165) is 16.9 Å². The highest BCUT2D eigenvalue weighted by Gasteiger charge is 2.17. The number of nitrogens with one attached hydrogen (secondary N) is 2. The van der Waals surface area contributed by atoms with Gasteiger partial charge in [-0.25, -0.2) is 17.8 Å². The summed E-state index contributed by atoms with van der Waals surface area (Å²) in [5.41, 5.74) is 1.23. The second-order valence-corrected chi connectivity index (χ2v) is 9.08. The monoisotopic (exact) mass is 439 g/mol. The zero-order valence-corrected chi connectivity index (χ0v) is 16.7. The Morgan fingerprint density at radius 3 is 2.39 bits per heavy atom. The molecular weight excluding hydrogens is 425 g/mol. The number of hydrogen-bond acceptors (Lipinski definition) is 5. The minimum Gasteiger partial charge on any atom is -0.352 e. The number of hydrogen-bond donors (Lipinski definition) is 2. The van der Waals surface area contributed by atoms with E-state index in [-0.39, 0.29) is 21.8 Å². The quantitative estimate of drug-likeness (QED) is 0.587. The predicted octanol–water partition coefficient (Wildman–Crippen LogP) is 3.71. The van der Waals surface area contributed by atoms with E-state index >= 15 is 0 Å². The zero-order chi connectivity index (χ0) is 20.1. The van der Waals surface area contributed by atoms with Gasteiger partial charge in [0.15, 0.2) is 5.13 Å². The lowest BCUT2D eigenvalue weighted by Gasteiger charge is -2.08. The van der Waals surface area contributed by atoms with Crippen LogP contribution in [0.15, 0.2) is 59.6 Å². The summed E-state index contributed by atoms with van der Waals surface area (Å²) in [5.74, 6) is -0.638. The molecule has 2 aromatic carbocycles. The molecule has 3 aromatic rings. The number of benzene rings is 2. The topological polar surface area (TPSA) is 88.2 Å². The molecule has 0 aliphatic carbocycles. The third-order valence-corrected chi connectivity index (χ3v) is 6.25. The average Bonchev–Trinajstić information content (AvgIpc) is 3.07. The third-order valence-electron chi connectivity index (χ3n) is 3.74. The number of sulfonamides is 1. The van der Waals surface area contributed by atoms with Gasteiger partial charge >= 0.3 is 0 Å². The highest BCUT2D eigenvalue weighted by atomic mass is 35.5. The molecule has 3 rings (SSSR count). The molecule has 0 radical (unpaired) electrons. The van der Waals surface area contributed by atoms with Crippen molar-refractivity contribution in [3.05, 3.63) is 76.0 Å². The summed E-state index contributed by atoms with van der Waals surface area (Å²) in [6, 6.07) is 11.6. The van der Waals surface area contributed by atoms with Crippen molar-refractivity contribution in [2.75, 3.05) is 11.3 Å². The summed E-state index contributed by atoms with van der Waals surface area (Å²) < 4.78 is 40.2. The van der Waals surface area contributed by atoms with Crippen molar-refractivity contribution in [2.24, 2.45) is 0 Å². The van der Waals surface area contributed by atoms with E-state index in [2.05, 4.69) is 15.0 Å². The molecule has 1 aromatic heterocycles. The Kier molecular flexibility index (Phi) is 6.28. The van der Waals surface area contributed by atoms with Crippen LogP contribution in [-0.4, -0.2) is 25.9 Å². The van der Waals surface area contributed by atoms with Crippen LogP contribution in [0.25, 0.3) is 0 Å². The van der Waals surface area contributed by atoms with Crippen molar-refractivity contribution in [3.8, 4) is 0 Å². The van der Waals surface area contributed by atoms with Crippen LogP contribution in [0.2, 0.25) is 4.34 Å². The van der Waals surface area contributed by atoms with Crippen LogP contribution in [0.5, 0.6) is 0 Å². The third kappa shape index (κ3) is 5.28. The highest BCUT2D eigenvalue weighted by Crippen LogP contribution is 2.25. The Bertz CT molecular complexity index is 1070. The molecule has 0 fully saturated rings. The van der Waals surface area contributed by atoms with Gasteiger partial charge in [0.2, 0.25) is 0 Å². The van der Waals surface area contributed by atoms with E-state index in [1.165, 1.54) is 42.6 Å². The summed E-state index contributed by atoms with van der Waals surface area (Å²) in [6.07, 6.45) is 1.90. The zero-order valence-electron chi connectivity index (χ0n) is 14.4. The van der Waals surface area contributed by atoms with Crippen LogP contribution in [-0.2, 0) is 16.4 Å². The first kappa shape index (κ1) is 20.2. The Balaban J connectivity index is 1.58. The fourth-order valence-corrected chi connectivity index (χ4v) is 4.39. The molecule has 0 aliphatic rings. The van der Waals surface area contributed by atoms with Gasteiger partial charge in [-0.05, 0) is 48.4 Å². The molecule has 146 valence electrons. The first-order valence-corrected chi connectivity index (χ1v) is 10.8. The normalized spacial score (nSPS) is 11.2. The molecular formula is C18H15ClFN3O3S2. The number of halogens is 2. The van der Waals surface area contributed by atoms with Gasteiger partial charge in [-0.2, -0.15) is 0 Å². The van der Waals surface area contributed by atoms with Crippen molar-refractivity contribution >= 4 is 44.0 Å². The molecule has 2 N–H and O–H groups in total. The van der Waals surface area contributed by atoms with Crippen LogP contribution < -0.4 is 10.0 Å². The van der Waals surface area contributed by atoms with E-state index < -0.39 is 10.0 Å². The van der Waals surface area contributed by atoms with E-state index in [1.807, 2.05) is 0 Å². The standard InChI is InChI=1S/C18H15ClFN3O3S2/c19-16-11-22-18(27-16)23-28(25,26)15-7-3-13(4-8-15)17(24)21-10-9-12-1-5-14(20)6-2-12/h1-8,11H,9-10H2,(H,21,24)(H,22,23). The van der Waals surface area contributed by atoms with E-state index in [0.29, 0.717) is 22.9 Å². The molecule has 6 nitrogen and oxygen atoms in total. The molecule has 0 atom stereocenters. The fourth-order valence-electron chi connectivity index (χ4n) is 2.33. The van der Waals surface area contributed by atoms with Crippen LogP contribution >= 0.6 is 22.9 Å². The number of nitrogens with zero attached hydrogens (tertiary/aromatic N) is 1. The van der Waals surface area contributed by atoms with Crippen molar-refractivity contribution < 1.29 is 17.6 Å². The smallest absolute Gasteiger partial charge is 0.263 e. The van der Waals surface area contributed by atoms with E-state index in [4.69, 9.17) is 11.6 Å². The maximum atomic E-state index is 12.9. The molecule has 0 saturated heterocycles. The lowest BCUT2D eigenvalue weighted by Crippen LogP contribution is -2.25. The maximum Gasteiger partial charge on any atom is 0.263 e. The maximum absolute atomic E-state index is 12.9. The van der Waals surface area contributed by atoms with Gasteiger partial charge in [-0.3, -0.25) is 9.52 Å². The molecule has 0 saturated carbocycles. The van der Waals surface area contributed by atoms with Gasteiger partial charge in [0.25, 0.3) is 15.9 Å². The van der Waals surface area contributed by atoms with Crippen LogP contribution in [0.1, 0.15) is 15.9 Å². The lowest BCUT2D eigenvalue weighted by molar-refractivity contribution is 0.0954. The Labute approximate surface area is 170 Å². The average molecular weight is 440 g/mol. The molecule has 28 heavy (non-hydrogen) atoms. The minimum atomic E-state index is -3.82. The Morgan fingerprint density at radius 1 is 1.11 bits per heavy atom. The number of carbonyl (C=O) groups is 1. The number of rotatable bonds is 7. The summed E-state index contributed by atoms with van der Waals surface area (Å²) >= 11 is 6.74. The van der Waals surface area contributed by atoms with Crippen LogP contribution in [0.4, 0.5) is 9.52 Å². The van der Waals surface area contributed by atoms with Gasteiger partial charge in [0.1, 0.15) is 10.2 Å². The number of thiazole rings is 1. The second-order valence-electron chi connectivity index (χ2n) is 5.73. The second kappa shape index (κ2) is 8.68. The summed E-state index contributed by atoms with van der Waals surface area (Å²) in [4.78, 5) is 16.0. The van der Waals surface area contributed by atoms with Gasteiger partial charge in [0, 0.05) is 12.1 Å². The van der Waals surface area contributed by atoms with Gasteiger partial charge in [0.05, 0.1) is 11.1 Å². The fraction of sp³-hybridized carbons (Fsp3) is 0.111. The van der Waals surface area contributed by atoms with Crippen molar-refractivity contribution in [1.29, 1.82) is 0 Å². The first-order chi connectivity index (χ1) is 13.3. The molecule has 1 heterocycles. The lowest BCUT2D eigenvalue weighted by atomic mass is 10.1. The predicted molar refractivity (Wildman–Crippen MR) is 107 cm³/mol. The summed E-state index contributed by atoms with van der Waals surface area (Å²) in [6.45, 7) is 0.372. The van der Waals surface area contributed by atoms with Crippen LogP contribution in [0, 0.1) is 5.82 Å². The largest absolute Gasteiger partial charge is 0.352 e. The van der Waals surface area contributed by atoms with Crippen LogP contribution in [0.3, 0.4) is 0 Å². The molecule has 0 spiro atoms. The van der Waals surface area contributed by atoms with Gasteiger partial charge < -0.3 is 5.32 Å². The van der Waals surface area contributed by atoms with Crippen molar-refractivity contribution in [3.63, 3.8) is 0 Å². The van der Waals surface area contributed by atoms with Crippen molar-refractivity contribution in [1.82, 2.24) is 10.3 Å². The molecule has 10 heteroatoms. The van der Waals surface area contributed by atoms with Gasteiger partial charge in [-0.1, -0.05) is 35.1 Å². The minimum absolute atomic E-state index is 0.00156. The number of carbonyl (C=O) groups excluding carboxylic acids is 1. The Morgan fingerprint density at radius 2 is 1.79 bits per heavy atom. The van der Waals surface area contributed by atoms with E-state index in [1.54, 1.807) is 12.1 Å². The molecule has 0 unspecified atom stereocenters. The molecule has 0 bridgehead atoms. The number of amides is 1. The number of aromatic nitrogens is 1. The molecule has 0 aliphatic heterocycles. The first-order valence-electron chi connectivity index (χ1n) is 8.10. The summed E-state index contributed by atoms with van der Waals surface area (Å²) in [7, 11) is -3.82. The SMILES string of the molecule is O=C(NCCc1ccc(F)cc1)c1ccc(S(=O)(=O)Nc2ncc(Cl)s2)cc1. The highest BCUT2D eigenvalue weighted by molar-refractivity contribution is 7.93. The van der Waals surface area contributed by atoms with Gasteiger partial charge in [-0.15, -0.1) is 0 Å². The molecule has 1 amide bonds. The van der Waals surface area contributed by atoms with Crippen molar-refractivity contribution in [2.45, 2.75) is 11.3 Å².